The second-order valence-electron chi connectivity index (χ2n) is 8.40. The van der Waals surface area contributed by atoms with Crippen LogP contribution in [-0.4, -0.2) is 73.2 Å². The first kappa shape index (κ1) is 27.6. The highest BCUT2D eigenvalue weighted by Gasteiger charge is 2.51. The van der Waals surface area contributed by atoms with Crippen molar-refractivity contribution < 1.29 is 48.0 Å². The van der Waals surface area contributed by atoms with E-state index in [0.717, 1.165) is 0 Å². The summed E-state index contributed by atoms with van der Waals surface area (Å²) in [7, 11) is 0. The van der Waals surface area contributed by atoms with Gasteiger partial charge in [-0.05, 0) is 36.4 Å². The Kier molecular flexibility index (Phi) is 9.52. The molecule has 3 aromatic carbocycles. The van der Waals surface area contributed by atoms with Gasteiger partial charge in [0.2, 0.25) is 18.2 Å². The Morgan fingerprint density at radius 2 is 1.21 bits per heavy atom. The van der Waals surface area contributed by atoms with Crippen LogP contribution in [0.15, 0.2) is 91.0 Å². The van der Waals surface area contributed by atoms with Gasteiger partial charge in [0.05, 0.1) is 29.9 Å². The van der Waals surface area contributed by atoms with Crippen LogP contribution >= 0.6 is 0 Å². The summed E-state index contributed by atoms with van der Waals surface area (Å²) >= 11 is 0. The maximum absolute atomic E-state index is 13.3. The van der Waals surface area contributed by atoms with Crippen LogP contribution in [-0.2, 0) is 28.5 Å². The van der Waals surface area contributed by atoms with E-state index in [9.17, 15) is 24.3 Å². The number of carbonyl (C=O) groups excluding carboxylic acids is 4. The van der Waals surface area contributed by atoms with Crippen LogP contribution in [0.1, 0.15) is 31.1 Å². The first-order valence-corrected chi connectivity index (χ1v) is 12.1. The molecule has 1 N–H and O–H groups in total. The van der Waals surface area contributed by atoms with E-state index in [4.69, 9.17) is 23.7 Å². The fourth-order valence-electron chi connectivity index (χ4n) is 3.81. The summed E-state index contributed by atoms with van der Waals surface area (Å²) in [6.45, 7) is -1.14. The number of carbonyl (C=O) groups is 4. The molecule has 4 rings (SSSR count). The maximum atomic E-state index is 13.3. The summed E-state index contributed by atoms with van der Waals surface area (Å²) in [6, 6.07) is 24.1. The number of aliphatic hydroxyl groups excluding tert-OH is 1. The average molecular weight is 535 g/mol. The summed E-state index contributed by atoms with van der Waals surface area (Å²) in [5, 5.41) is 9.19. The third kappa shape index (κ3) is 7.14. The second-order valence-corrected chi connectivity index (χ2v) is 8.40. The number of hydrogen-bond acceptors (Lipinski definition) is 10. The fraction of sp³-hybridized carbons (Fsp3) is 0.241. The quantitative estimate of drug-likeness (QED) is 0.305. The summed E-state index contributed by atoms with van der Waals surface area (Å²) in [4.78, 5) is 51.8. The smallest absolute Gasteiger partial charge is 0.338 e. The highest BCUT2D eigenvalue weighted by molar-refractivity contribution is 5.95. The van der Waals surface area contributed by atoms with Crippen molar-refractivity contribution in [2.24, 2.45) is 0 Å². The van der Waals surface area contributed by atoms with Gasteiger partial charge in [0, 0.05) is 0 Å². The van der Waals surface area contributed by atoms with Gasteiger partial charge < -0.3 is 28.8 Å². The molecule has 0 unspecified atom stereocenters. The highest BCUT2D eigenvalue weighted by Crippen LogP contribution is 2.26. The van der Waals surface area contributed by atoms with Crippen molar-refractivity contribution in [1.29, 1.82) is 0 Å². The molecule has 1 aliphatic rings. The average Bonchev–Trinajstić information content (AvgIpc) is 2.99. The van der Waals surface area contributed by atoms with Gasteiger partial charge in [-0.2, -0.15) is 0 Å². The molecular formula is C29H26O10. The van der Waals surface area contributed by atoms with Crippen molar-refractivity contribution in [2.75, 3.05) is 19.8 Å². The molecule has 0 amide bonds. The van der Waals surface area contributed by atoms with E-state index >= 15 is 0 Å². The van der Waals surface area contributed by atoms with E-state index in [0.29, 0.717) is 0 Å². The van der Waals surface area contributed by atoms with E-state index in [1.54, 1.807) is 66.7 Å². The molecule has 1 aliphatic heterocycles. The van der Waals surface area contributed by atoms with Crippen molar-refractivity contribution in [3.63, 3.8) is 0 Å². The van der Waals surface area contributed by atoms with E-state index in [1.165, 1.54) is 24.3 Å². The van der Waals surface area contributed by atoms with Gasteiger partial charge in [-0.3, -0.25) is 4.79 Å². The van der Waals surface area contributed by atoms with Crippen LogP contribution in [0.5, 0.6) is 0 Å². The number of esters is 3. The lowest BCUT2D eigenvalue weighted by atomic mass is 9.99. The Hall–Kier alpha value is -4.38. The van der Waals surface area contributed by atoms with Crippen LogP contribution in [0.4, 0.5) is 0 Å². The van der Waals surface area contributed by atoms with Gasteiger partial charge in [-0.1, -0.05) is 54.6 Å². The van der Waals surface area contributed by atoms with Crippen molar-refractivity contribution >= 4 is 23.7 Å². The van der Waals surface area contributed by atoms with Gasteiger partial charge in [-0.15, -0.1) is 0 Å². The number of ether oxygens (including phenoxy) is 5. The largest absolute Gasteiger partial charge is 0.459 e. The molecule has 0 bridgehead atoms. The van der Waals surface area contributed by atoms with E-state index in [-0.39, 0.29) is 23.3 Å². The molecule has 10 heteroatoms. The van der Waals surface area contributed by atoms with Gasteiger partial charge in [0.15, 0.2) is 6.10 Å². The normalized spacial score (nSPS) is 20.6. The lowest BCUT2D eigenvalue weighted by molar-refractivity contribution is -0.240. The van der Waals surface area contributed by atoms with Crippen LogP contribution < -0.4 is 0 Å². The van der Waals surface area contributed by atoms with Crippen molar-refractivity contribution in [2.45, 2.75) is 24.6 Å². The Bertz CT molecular complexity index is 1260. The van der Waals surface area contributed by atoms with Crippen molar-refractivity contribution in [3.8, 4) is 0 Å². The predicted octanol–water partition coefficient (Wildman–Crippen LogP) is 2.60. The Morgan fingerprint density at radius 1 is 0.718 bits per heavy atom. The molecule has 10 nitrogen and oxygen atoms in total. The van der Waals surface area contributed by atoms with Gasteiger partial charge in [0.25, 0.3) is 0 Å². The van der Waals surface area contributed by atoms with E-state index < -0.39 is 61.5 Å². The molecule has 1 fully saturated rings. The van der Waals surface area contributed by atoms with E-state index in [2.05, 4.69) is 0 Å². The minimum absolute atomic E-state index is 0.157. The summed E-state index contributed by atoms with van der Waals surface area (Å²) in [5.41, 5.74) is 0.601. The van der Waals surface area contributed by atoms with Crippen LogP contribution in [0.3, 0.4) is 0 Å². The lowest BCUT2D eigenvalue weighted by Crippen LogP contribution is -2.60. The van der Waals surface area contributed by atoms with Gasteiger partial charge >= 0.3 is 17.9 Å². The molecule has 1 saturated heterocycles. The number of benzene rings is 3. The predicted molar refractivity (Wildman–Crippen MR) is 135 cm³/mol. The molecule has 39 heavy (non-hydrogen) atoms. The molecule has 1 heterocycles. The Morgan fingerprint density at radius 3 is 1.72 bits per heavy atom. The zero-order valence-electron chi connectivity index (χ0n) is 20.7. The Labute approximate surface area is 224 Å². The third-order valence-corrected chi connectivity index (χ3v) is 5.72. The van der Waals surface area contributed by atoms with Gasteiger partial charge in [-0.25, -0.2) is 14.4 Å². The first-order chi connectivity index (χ1) is 19.0. The van der Waals surface area contributed by atoms with Crippen molar-refractivity contribution in [1.82, 2.24) is 0 Å². The minimum Gasteiger partial charge on any atom is -0.459 e. The first-order valence-electron chi connectivity index (χ1n) is 12.1. The minimum atomic E-state index is -1.66. The maximum Gasteiger partial charge on any atom is 0.338 e. The number of rotatable bonds is 10. The molecule has 0 saturated carbocycles. The number of Topliss-reactive ketones (excluding diaryl/α,β-unsaturated/α-hetero) is 1. The standard InChI is InChI=1S/C29H26O10/c30-16-17-35-29-23(31)25(39-28(34)21-14-8-3-9-15-21)24(38-27(33)20-12-6-2-7-13-20)22(37-29)18-36-26(32)19-10-4-1-5-11-19/h1-15,22,24-25,29-30H,16-18H2/t22-,24-,25-,29-/m1/s1. The topological polar surface area (TPSA) is 135 Å². The van der Waals surface area contributed by atoms with Crippen LogP contribution in [0, 0.1) is 0 Å². The monoisotopic (exact) mass is 534 g/mol. The summed E-state index contributed by atoms with van der Waals surface area (Å²) in [6.07, 6.45) is -6.00. The molecule has 0 radical (unpaired) electrons. The summed E-state index contributed by atoms with van der Waals surface area (Å²) < 4.78 is 27.6. The Balaban J connectivity index is 1.62. The fourth-order valence-corrected chi connectivity index (χ4v) is 3.81. The number of aliphatic hydroxyl groups is 1. The van der Waals surface area contributed by atoms with Crippen molar-refractivity contribution in [3.05, 3.63) is 108 Å². The molecule has 0 spiro atoms. The van der Waals surface area contributed by atoms with Gasteiger partial charge in [0.1, 0.15) is 12.7 Å². The molecule has 202 valence electrons. The zero-order valence-corrected chi connectivity index (χ0v) is 20.7. The molecule has 4 atom stereocenters. The highest BCUT2D eigenvalue weighted by atomic mass is 16.7. The molecule has 3 aromatic rings. The third-order valence-electron chi connectivity index (χ3n) is 5.72. The van der Waals surface area contributed by atoms with Crippen LogP contribution in [0.2, 0.25) is 0 Å². The number of ketones is 1. The molecular weight excluding hydrogens is 508 g/mol. The summed E-state index contributed by atoms with van der Waals surface area (Å²) in [5.74, 6) is -3.19. The van der Waals surface area contributed by atoms with Crippen LogP contribution in [0.25, 0.3) is 0 Å². The number of hydrogen-bond donors (Lipinski definition) is 1. The molecule has 0 aliphatic carbocycles. The van der Waals surface area contributed by atoms with E-state index in [1.807, 2.05) is 0 Å². The zero-order chi connectivity index (χ0) is 27.6. The lowest BCUT2D eigenvalue weighted by Gasteiger charge is -2.38. The SMILES string of the molecule is O=C(OC[C@H]1O[C@@H](OCCO)C(=O)[C@@H](OC(=O)c2ccccc2)[C@@H]1OC(=O)c1ccccc1)c1ccccc1. The molecule has 0 aromatic heterocycles. The second kappa shape index (κ2) is 13.4.